The van der Waals surface area contributed by atoms with Crippen LogP contribution in [-0.2, 0) is 4.79 Å². The quantitative estimate of drug-likeness (QED) is 0.800. The highest BCUT2D eigenvalue weighted by Gasteiger charge is 2.55. The number of urea groups is 1. The van der Waals surface area contributed by atoms with Gasteiger partial charge in [0.2, 0.25) is 0 Å². The van der Waals surface area contributed by atoms with Crippen LogP contribution in [0.15, 0.2) is 36.5 Å². The molecule has 1 aliphatic carbocycles. The zero-order valence-electron chi connectivity index (χ0n) is 13.7. The lowest BCUT2D eigenvalue weighted by molar-refractivity contribution is -0.149. The number of fused-ring (bicyclic) bond motifs is 1. The van der Waals surface area contributed by atoms with Gasteiger partial charge in [0.05, 0.1) is 11.1 Å². The summed E-state index contributed by atoms with van der Waals surface area (Å²) in [6, 6.07) is 9.11. The normalized spacial score (nSPS) is 25.0. The largest absolute Gasteiger partial charge is 0.481 e. The van der Waals surface area contributed by atoms with E-state index in [2.05, 4.69) is 15.5 Å². The maximum Gasteiger partial charge on any atom is 0.321 e. The Kier molecular flexibility index (Phi) is 3.71. The third-order valence-corrected chi connectivity index (χ3v) is 5.51. The van der Waals surface area contributed by atoms with Crippen molar-refractivity contribution in [3.05, 3.63) is 36.5 Å². The molecule has 7 nitrogen and oxygen atoms in total. The molecule has 4 rings (SSSR count). The summed E-state index contributed by atoms with van der Waals surface area (Å²) in [6.07, 6.45) is 4.14. The number of aliphatic carboxylic acids is 1. The molecule has 2 aromatic rings. The Balaban J connectivity index is 1.48. The van der Waals surface area contributed by atoms with Crippen molar-refractivity contribution < 1.29 is 14.7 Å². The van der Waals surface area contributed by atoms with Gasteiger partial charge in [0.25, 0.3) is 0 Å². The van der Waals surface area contributed by atoms with Gasteiger partial charge < -0.3 is 15.3 Å². The third-order valence-electron chi connectivity index (χ3n) is 5.51. The molecule has 2 fully saturated rings. The lowest BCUT2D eigenvalue weighted by atomic mass is 9.81. The molecule has 1 aromatic carbocycles. The van der Waals surface area contributed by atoms with E-state index in [1.807, 2.05) is 30.3 Å². The SMILES string of the molecule is O=C(Nc1cccc(-c2ccn[nH]2)c1)N1C[C@@H]2CCC[C@@]2(C(=O)O)C1. The molecule has 7 heteroatoms. The summed E-state index contributed by atoms with van der Waals surface area (Å²) in [5, 5.41) is 19.4. The number of H-pyrrole nitrogens is 1. The summed E-state index contributed by atoms with van der Waals surface area (Å²) in [5.74, 6) is -0.710. The summed E-state index contributed by atoms with van der Waals surface area (Å²) in [5.41, 5.74) is 1.72. The maximum absolute atomic E-state index is 12.6. The van der Waals surface area contributed by atoms with Crippen LogP contribution in [0.2, 0.25) is 0 Å². The maximum atomic E-state index is 12.6. The van der Waals surface area contributed by atoms with Crippen LogP contribution in [0.4, 0.5) is 10.5 Å². The number of aromatic nitrogens is 2. The molecule has 25 heavy (non-hydrogen) atoms. The lowest BCUT2D eigenvalue weighted by Crippen LogP contribution is -2.38. The molecular weight excluding hydrogens is 320 g/mol. The number of amides is 2. The predicted molar refractivity (Wildman–Crippen MR) is 92.0 cm³/mol. The number of carboxylic acid groups (broad SMARTS) is 1. The van der Waals surface area contributed by atoms with E-state index in [1.54, 1.807) is 11.1 Å². The summed E-state index contributed by atoms with van der Waals surface area (Å²) < 4.78 is 0. The van der Waals surface area contributed by atoms with Crippen molar-refractivity contribution in [2.45, 2.75) is 19.3 Å². The monoisotopic (exact) mass is 340 g/mol. The van der Waals surface area contributed by atoms with Gasteiger partial charge in [-0.1, -0.05) is 18.6 Å². The van der Waals surface area contributed by atoms with Crippen molar-refractivity contribution in [2.24, 2.45) is 11.3 Å². The third kappa shape index (κ3) is 2.65. The van der Waals surface area contributed by atoms with Crippen molar-refractivity contribution in [3.63, 3.8) is 0 Å². The van der Waals surface area contributed by atoms with Crippen LogP contribution in [0.5, 0.6) is 0 Å². The zero-order valence-corrected chi connectivity index (χ0v) is 13.7. The fourth-order valence-electron chi connectivity index (χ4n) is 4.18. The van der Waals surface area contributed by atoms with Gasteiger partial charge in [0.15, 0.2) is 0 Å². The molecule has 0 unspecified atom stereocenters. The number of aromatic amines is 1. The van der Waals surface area contributed by atoms with E-state index in [4.69, 9.17) is 0 Å². The number of benzene rings is 1. The van der Waals surface area contributed by atoms with Crippen LogP contribution in [0.3, 0.4) is 0 Å². The molecule has 2 amide bonds. The Labute approximate surface area is 145 Å². The highest BCUT2D eigenvalue weighted by Crippen LogP contribution is 2.48. The average Bonchev–Trinajstić information content (AvgIpc) is 3.30. The second-order valence-corrected chi connectivity index (χ2v) is 6.91. The number of nitrogens with zero attached hydrogens (tertiary/aromatic N) is 2. The van der Waals surface area contributed by atoms with Crippen molar-refractivity contribution in [2.75, 3.05) is 18.4 Å². The summed E-state index contributed by atoms with van der Waals surface area (Å²) >= 11 is 0. The molecule has 1 saturated heterocycles. The minimum Gasteiger partial charge on any atom is -0.481 e. The number of carbonyl (C=O) groups excluding carboxylic acids is 1. The highest BCUT2D eigenvalue weighted by atomic mass is 16.4. The van der Waals surface area contributed by atoms with Crippen LogP contribution in [0.1, 0.15) is 19.3 Å². The van der Waals surface area contributed by atoms with Crippen LogP contribution in [0, 0.1) is 11.3 Å². The van der Waals surface area contributed by atoms with Gasteiger partial charge in [0.1, 0.15) is 0 Å². The zero-order chi connectivity index (χ0) is 17.4. The summed E-state index contributed by atoms with van der Waals surface area (Å²) in [7, 11) is 0. The second kappa shape index (κ2) is 5.91. The molecule has 3 N–H and O–H groups in total. The first-order valence-electron chi connectivity index (χ1n) is 8.48. The van der Waals surface area contributed by atoms with E-state index in [9.17, 15) is 14.7 Å². The first-order valence-corrected chi connectivity index (χ1v) is 8.48. The number of anilines is 1. The van der Waals surface area contributed by atoms with E-state index >= 15 is 0 Å². The Morgan fingerprint density at radius 1 is 1.36 bits per heavy atom. The molecule has 2 aliphatic rings. The summed E-state index contributed by atoms with van der Waals surface area (Å²) in [6.45, 7) is 0.803. The number of carboxylic acids is 1. The average molecular weight is 340 g/mol. The van der Waals surface area contributed by atoms with Crippen LogP contribution in [0.25, 0.3) is 11.3 Å². The molecule has 1 aliphatic heterocycles. The first kappa shape index (κ1) is 15.7. The number of hydrogen-bond acceptors (Lipinski definition) is 3. The van der Waals surface area contributed by atoms with Crippen LogP contribution < -0.4 is 5.32 Å². The predicted octanol–water partition coefficient (Wildman–Crippen LogP) is 2.80. The van der Waals surface area contributed by atoms with Gasteiger partial charge in [-0.3, -0.25) is 9.89 Å². The second-order valence-electron chi connectivity index (χ2n) is 6.91. The van der Waals surface area contributed by atoms with Crippen LogP contribution in [-0.4, -0.2) is 45.3 Å². The Hall–Kier alpha value is -2.83. The molecule has 1 aromatic heterocycles. The molecule has 0 bridgehead atoms. The van der Waals surface area contributed by atoms with Crippen molar-refractivity contribution >= 4 is 17.7 Å². The minimum atomic E-state index is -0.772. The number of carbonyl (C=O) groups is 2. The van der Waals surface area contributed by atoms with Gasteiger partial charge in [-0.15, -0.1) is 0 Å². The molecule has 0 radical (unpaired) electrons. The molecule has 1 saturated carbocycles. The molecular formula is C18H20N4O3. The van der Waals surface area contributed by atoms with Crippen molar-refractivity contribution in [3.8, 4) is 11.3 Å². The Morgan fingerprint density at radius 3 is 2.96 bits per heavy atom. The van der Waals surface area contributed by atoms with Gasteiger partial charge in [-0.05, 0) is 37.0 Å². The number of nitrogens with one attached hydrogen (secondary N) is 2. The number of likely N-dealkylation sites (tertiary alicyclic amines) is 1. The smallest absolute Gasteiger partial charge is 0.321 e. The van der Waals surface area contributed by atoms with Gasteiger partial charge >= 0.3 is 12.0 Å². The van der Waals surface area contributed by atoms with Gasteiger partial charge in [-0.25, -0.2) is 4.79 Å². The Bertz CT molecular complexity index is 804. The fourth-order valence-corrected chi connectivity index (χ4v) is 4.18. The number of hydrogen-bond donors (Lipinski definition) is 3. The molecule has 0 spiro atoms. The van der Waals surface area contributed by atoms with Crippen molar-refractivity contribution in [1.29, 1.82) is 0 Å². The van der Waals surface area contributed by atoms with Gasteiger partial charge in [0, 0.05) is 30.5 Å². The molecule has 2 atom stereocenters. The van der Waals surface area contributed by atoms with Crippen molar-refractivity contribution in [1.82, 2.24) is 15.1 Å². The topological polar surface area (TPSA) is 98.3 Å². The van der Waals surface area contributed by atoms with Crippen LogP contribution >= 0.6 is 0 Å². The van der Waals surface area contributed by atoms with E-state index in [-0.39, 0.29) is 11.9 Å². The first-order chi connectivity index (χ1) is 12.1. The standard InChI is InChI=1S/C18H20N4O3/c23-16(24)18-7-2-4-13(18)10-22(11-18)17(25)20-14-5-1-3-12(9-14)15-6-8-19-21-15/h1,3,5-6,8-9,13H,2,4,7,10-11H2,(H,19,21)(H,20,25)(H,23,24)/t13-,18+/m0/s1. The van der Waals surface area contributed by atoms with E-state index < -0.39 is 11.4 Å². The van der Waals surface area contributed by atoms with E-state index in [1.165, 1.54) is 0 Å². The highest BCUT2D eigenvalue weighted by molar-refractivity contribution is 5.91. The fraction of sp³-hybridized carbons (Fsp3) is 0.389. The van der Waals surface area contributed by atoms with Gasteiger partial charge in [-0.2, -0.15) is 5.10 Å². The lowest BCUT2D eigenvalue weighted by Gasteiger charge is -2.23. The number of rotatable bonds is 3. The molecule has 2 heterocycles. The summed E-state index contributed by atoms with van der Waals surface area (Å²) in [4.78, 5) is 26.0. The Morgan fingerprint density at radius 2 is 2.24 bits per heavy atom. The van der Waals surface area contributed by atoms with E-state index in [0.717, 1.165) is 24.1 Å². The molecule has 130 valence electrons. The minimum absolute atomic E-state index is 0.0621. The van der Waals surface area contributed by atoms with E-state index in [0.29, 0.717) is 25.2 Å².